The molecular weight excluding hydrogens is 265 g/mol. The highest BCUT2D eigenvalue weighted by Gasteiger charge is 2.13. The predicted molar refractivity (Wildman–Crippen MR) is 62.7 cm³/mol. The predicted octanol–water partition coefficient (Wildman–Crippen LogP) is 2.36. The van der Waals surface area contributed by atoms with Crippen LogP contribution in [0.1, 0.15) is 10.5 Å². The smallest absolute Gasteiger partial charge is 0.360 e. The lowest BCUT2D eigenvalue weighted by atomic mass is 10.3. The number of nitrogens with zero attached hydrogens (tertiary/aromatic N) is 3. The van der Waals surface area contributed by atoms with E-state index in [1.807, 2.05) is 0 Å². The van der Waals surface area contributed by atoms with E-state index in [1.165, 1.54) is 18.0 Å². The minimum atomic E-state index is -0.561. The van der Waals surface area contributed by atoms with E-state index in [2.05, 4.69) is 15.0 Å². The molecule has 0 aliphatic rings. The zero-order valence-electron chi connectivity index (χ0n) is 8.72. The van der Waals surface area contributed by atoms with Crippen LogP contribution in [0.15, 0.2) is 24.4 Å². The van der Waals surface area contributed by atoms with Gasteiger partial charge in [0, 0.05) is 0 Å². The number of methoxy groups -OCH3 is 1. The summed E-state index contributed by atoms with van der Waals surface area (Å²) in [6.45, 7) is 0. The summed E-state index contributed by atoms with van der Waals surface area (Å²) >= 11 is 11.9. The standard InChI is InChI=1S/C10H7Cl2N3O2/c1-17-10(16)7-5-15(14-13-7)8-4-2-3-6(11)9(8)12/h2-5H,1H3. The molecule has 0 aliphatic heterocycles. The number of aromatic nitrogens is 3. The average Bonchev–Trinajstić information content (AvgIpc) is 2.81. The Morgan fingerprint density at radius 1 is 1.41 bits per heavy atom. The van der Waals surface area contributed by atoms with Crippen LogP contribution in [0.2, 0.25) is 10.0 Å². The molecular formula is C10H7Cl2N3O2. The van der Waals surface area contributed by atoms with Crippen LogP contribution < -0.4 is 0 Å². The fourth-order valence-corrected chi connectivity index (χ4v) is 1.63. The molecule has 1 aromatic heterocycles. The molecule has 0 amide bonds. The number of esters is 1. The molecule has 0 saturated carbocycles. The highest BCUT2D eigenvalue weighted by molar-refractivity contribution is 6.43. The van der Waals surface area contributed by atoms with E-state index < -0.39 is 5.97 Å². The maximum absolute atomic E-state index is 11.2. The first-order valence-corrected chi connectivity index (χ1v) is 5.34. The summed E-state index contributed by atoms with van der Waals surface area (Å²) in [5, 5.41) is 8.20. The lowest BCUT2D eigenvalue weighted by Gasteiger charge is -2.03. The monoisotopic (exact) mass is 271 g/mol. The first kappa shape index (κ1) is 11.9. The zero-order valence-corrected chi connectivity index (χ0v) is 10.2. The Morgan fingerprint density at radius 3 is 2.88 bits per heavy atom. The number of carbonyl (C=O) groups is 1. The molecule has 0 saturated heterocycles. The van der Waals surface area contributed by atoms with E-state index in [0.29, 0.717) is 15.7 Å². The van der Waals surface area contributed by atoms with Gasteiger partial charge in [-0.05, 0) is 12.1 Å². The molecule has 88 valence electrons. The van der Waals surface area contributed by atoms with Gasteiger partial charge in [0.25, 0.3) is 0 Å². The normalized spacial score (nSPS) is 10.3. The third-order valence-corrected chi connectivity index (χ3v) is 2.87. The van der Waals surface area contributed by atoms with Gasteiger partial charge in [-0.25, -0.2) is 9.48 Å². The van der Waals surface area contributed by atoms with Crippen molar-refractivity contribution in [1.29, 1.82) is 0 Å². The number of rotatable bonds is 2. The second kappa shape index (κ2) is 4.73. The second-order valence-electron chi connectivity index (χ2n) is 3.11. The van der Waals surface area contributed by atoms with Crippen LogP contribution in [0.4, 0.5) is 0 Å². The molecule has 2 aromatic rings. The molecule has 2 rings (SSSR count). The first-order valence-electron chi connectivity index (χ1n) is 4.58. The molecule has 0 aliphatic carbocycles. The Bertz CT molecular complexity index is 568. The van der Waals surface area contributed by atoms with E-state index >= 15 is 0 Å². The molecule has 0 atom stereocenters. The van der Waals surface area contributed by atoms with Crippen LogP contribution >= 0.6 is 23.2 Å². The fraction of sp³-hybridized carbons (Fsp3) is 0.100. The quantitative estimate of drug-likeness (QED) is 0.787. The van der Waals surface area contributed by atoms with E-state index in [4.69, 9.17) is 23.2 Å². The van der Waals surface area contributed by atoms with Crippen molar-refractivity contribution in [1.82, 2.24) is 15.0 Å². The van der Waals surface area contributed by atoms with E-state index in [0.717, 1.165) is 0 Å². The van der Waals surface area contributed by atoms with Gasteiger partial charge in [-0.15, -0.1) is 5.10 Å². The van der Waals surface area contributed by atoms with Crippen LogP contribution in [0, 0.1) is 0 Å². The van der Waals surface area contributed by atoms with Gasteiger partial charge in [0.15, 0.2) is 5.69 Å². The minimum absolute atomic E-state index is 0.101. The number of halogens is 2. The van der Waals surface area contributed by atoms with E-state index in [1.54, 1.807) is 18.2 Å². The molecule has 0 spiro atoms. The molecule has 0 bridgehead atoms. The molecule has 0 radical (unpaired) electrons. The third-order valence-electron chi connectivity index (χ3n) is 2.07. The maximum Gasteiger partial charge on any atom is 0.360 e. The Labute approximate surface area is 107 Å². The first-order chi connectivity index (χ1) is 8.13. The average molecular weight is 272 g/mol. The number of hydrogen-bond donors (Lipinski definition) is 0. The zero-order chi connectivity index (χ0) is 12.4. The van der Waals surface area contributed by atoms with Gasteiger partial charge in [-0.2, -0.15) is 0 Å². The van der Waals surface area contributed by atoms with Gasteiger partial charge in [-0.3, -0.25) is 0 Å². The summed E-state index contributed by atoms with van der Waals surface area (Å²) in [4.78, 5) is 11.2. The molecule has 7 heteroatoms. The van der Waals surface area contributed by atoms with Crippen LogP contribution in [-0.4, -0.2) is 28.1 Å². The maximum atomic E-state index is 11.2. The molecule has 0 N–H and O–H groups in total. The van der Waals surface area contributed by atoms with Gasteiger partial charge in [0.1, 0.15) is 0 Å². The molecule has 0 unspecified atom stereocenters. The summed E-state index contributed by atoms with van der Waals surface area (Å²) < 4.78 is 5.89. The number of ether oxygens (including phenoxy) is 1. The largest absolute Gasteiger partial charge is 0.464 e. The van der Waals surface area contributed by atoms with Gasteiger partial charge < -0.3 is 4.74 Å². The van der Waals surface area contributed by atoms with Crippen LogP contribution in [0.3, 0.4) is 0 Å². The minimum Gasteiger partial charge on any atom is -0.464 e. The van der Waals surface area contributed by atoms with Crippen LogP contribution in [0.25, 0.3) is 5.69 Å². The fourth-order valence-electron chi connectivity index (χ4n) is 1.25. The van der Waals surface area contributed by atoms with Crippen molar-refractivity contribution in [2.24, 2.45) is 0 Å². The Kier molecular flexibility index (Phi) is 3.31. The number of hydrogen-bond acceptors (Lipinski definition) is 4. The second-order valence-corrected chi connectivity index (χ2v) is 3.90. The Morgan fingerprint density at radius 2 is 2.18 bits per heavy atom. The van der Waals surface area contributed by atoms with Gasteiger partial charge >= 0.3 is 5.97 Å². The number of carbonyl (C=O) groups excluding carboxylic acids is 1. The van der Waals surface area contributed by atoms with Gasteiger partial charge in [0.05, 0.1) is 29.0 Å². The Hall–Kier alpha value is -1.59. The summed E-state index contributed by atoms with van der Waals surface area (Å²) in [5.74, 6) is -0.561. The Balaban J connectivity index is 2.44. The SMILES string of the molecule is COC(=O)c1cn(-c2cccc(Cl)c2Cl)nn1. The molecule has 5 nitrogen and oxygen atoms in total. The summed E-state index contributed by atoms with van der Waals surface area (Å²) in [7, 11) is 1.27. The van der Waals surface area contributed by atoms with Crippen molar-refractivity contribution in [2.45, 2.75) is 0 Å². The van der Waals surface area contributed by atoms with Crippen molar-refractivity contribution in [3.05, 3.63) is 40.1 Å². The summed E-state index contributed by atoms with van der Waals surface area (Å²) in [5.41, 5.74) is 0.644. The number of benzene rings is 1. The summed E-state index contributed by atoms with van der Waals surface area (Å²) in [6.07, 6.45) is 1.42. The van der Waals surface area contributed by atoms with E-state index in [9.17, 15) is 4.79 Å². The van der Waals surface area contributed by atoms with Crippen molar-refractivity contribution in [3.8, 4) is 5.69 Å². The van der Waals surface area contributed by atoms with Crippen molar-refractivity contribution < 1.29 is 9.53 Å². The van der Waals surface area contributed by atoms with Crippen molar-refractivity contribution >= 4 is 29.2 Å². The third kappa shape index (κ3) is 2.25. The molecule has 17 heavy (non-hydrogen) atoms. The van der Waals surface area contributed by atoms with Crippen molar-refractivity contribution in [2.75, 3.05) is 7.11 Å². The molecule has 0 fully saturated rings. The summed E-state index contributed by atoms with van der Waals surface area (Å²) in [6, 6.07) is 5.10. The highest BCUT2D eigenvalue weighted by atomic mass is 35.5. The highest BCUT2D eigenvalue weighted by Crippen LogP contribution is 2.27. The van der Waals surface area contributed by atoms with Crippen molar-refractivity contribution in [3.63, 3.8) is 0 Å². The van der Waals surface area contributed by atoms with Crippen LogP contribution in [0.5, 0.6) is 0 Å². The van der Waals surface area contributed by atoms with Crippen LogP contribution in [-0.2, 0) is 4.74 Å². The van der Waals surface area contributed by atoms with E-state index in [-0.39, 0.29) is 5.69 Å². The van der Waals surface area contributed by atoms with Gasteiger partial charge in [-0.1, -0.05) is 34.5 Å². The topological polar surface area (TPSA) is 57.0 Å². The molecule has 1 aromatic carbocycles. The lowest BCUT2D eigenvalue weighted by Crippen LogP contribution is -2.01. The molecule has 1 heterocycles. The lowest BCUT2D eigenvalue weighted by molar-refractivity contribution is 0.0594. The van der Waals surface area contributed by atoms with Gasteiger partial charge in [0.2, 0.25) is 0 Å².